The number of rotatable bonds is 4. The lowest BCUT2D eigenvalue weighted by atomic mass is 10.2. The van der Waals surface area contributed by atoms with Crippen molar-refractivity contribution in [2.45, 2.75) is 19.0 Å². The molecule has 1 fully saturated rings. The quantitative estimate of drug-likeness (QED) is 0.863. The van der Waals surface area contributed by atoms with Crippen LogP contribution in [0.1, 0.15) is 12.3 Å². The Balaban J connectivity index is 1.70. The van der Waals surface area contributed by atoms with Crippen LogP contribution < -0.4 is 0 Å². The lowest BCUT2D eigenvalue weighted by molar-refractivity contribution is 0.230. The summed E-state index contributed by atoms with van der Waals surface area (Å²) in [6, 6.07) is 6.98. The van der Waals surface area contributed by atoms with E-state index in [1.165, 1.54) is 30.1 Å². The molecule has 3 rings (SSSR count). The van der Waals surface area contributed by atoms with Gasteiger partial charge in [-0.3, -0.25) is 4.90 Å². The molecule has 1 saturated heterocycles. The second-order valence-corrected chi connectivity index (χ2v) is 6.21. The average Bonchev–Trinajstić information content (AvgIpc) is 3.10. The van der Waals surface area contributed by atoms with E-state index in [-0.39, 0.29) is 5.82 Å². The number of halogens is 1. The van der Waals surface area contributed by atoms with Crippen LogP contribution in [0.4, 0.5) is 4.39 Å². The van der Waals surface area contributed by atoms with E-state index in [0.29, 0.717) is 24.2 Å². The number of hydrogen-bond donors (Lipinski definition) is 0. The topological polar surface area (TPSA) is 29.3 Å². The van der Waals surface area contributed by atoms with Gasteiger partial charge in [0.15, 0.2) is 5.76 Å². The van der Waals surface area contributed by atoms with Crippen molar-refractivity contribution in [3.05, 3.63) is 42.2 Å². The number of nitrogens with zero attached hydrogens (tertiary/aromatic N) is 2. The first-order valence-corrected chi connectivity index (χ1v) is 7.86. The van der Waals surface area contributed by atoms with E-state index >= 15 is 0 Å². The van der Waals surface area contributed by atoms with E-state index in [9.17, 15) is 4.39 Å². The van der Waals surface area contributed by atoms with Gasteiger partial charge in [0.1, 0.15) is 5.82 Å². The van der Waals surface area contributed by atoms with Crippen molar-refractivity contribution < 1.29 is 8.81 Å². The van der Waals surface area contributed by atoms with Crippen LogP contribution in [0, 0.1) is 5.82 Å². The zero-order valence-corrected chi connectivity index (χ0v) is 12.2. The summed E-state index contributed by atoms with van der Waals surface area (Å²) in [5.74, 6) is 3.45. The highest BCUT2D eigenvalue weighted by Gasteiger charge is 2.21. The van der Waals surface area contributed by atoms with Crippen molar-refractivity contribution in [3.8, 4) is 11.3 Å². The molecule has 1 atom stereocenters. The molecule has 106 valence electrons. The van der Waals surface area contributed by atoms with Crippen molar-refractivity contribution in [3.63, 3.8) is 0 Å². The molecule has 0 amide bonds. The molecule has 1 unspecified atom stereocenters. The first-order valence-electron chi connectivity index (χ1n) is 6.71. The maximum Gasteiger partial charge on any atom is 0.209 e. The maximum atomic E-state index is 13.2. The zero-order chi connectivity index (χ0) is 13.9. The van der Waals surface area contributed by atoms with E-state index in [0.717, 1.165) is 5.56 Å². The van der Waals surface area contributed by atoms with Gasteiger partial charge in [-0.05, 0) is 31.4 Å². The fourth-order valence-corrected chi connectivity index (χ4v) is 3.67. The third-order valence-corrected chi connectivity index (χ3v) is 4.72. The molecule has 1 aromatic heterocycles. The number of oxazole rings is 1. The zero-order valence-electron chi connectivity index (χ0n) is 11.4. The minimum atomic E-state index is -0.263. The van der Waals surface area contributed by atoms with Gasteiger partial charge in [0.25, 0.3) is 0 Å². The summed E-state index contributed by atoms with van der Waals surface area (Å²) >= 11 is 1.99. The van der Waals surface area contributed by atoms with Crippen molar-refractivity contribution >= 4 is 11.8 Å². The first kappa shape index (κ1) is 13.6. The third-order valence-electron chi connectivity index (χ3n) is 3.58. The van der Waals surface area contributed by atoms with Crippen molar-refractivity contribution in [2.24, 2.45) is 0 Å². The molecular formula is C15H17FN2OS. The molecule has 2 heterocycles. The molecule has 20 heavy (non-hydrogen) atoms. The fraction of sp³-hybridized carbons (Fsp3) is 0.400. The second kappa shape index (κ2) is 5.97. The molecule has 0 saturated carbocycles. The number of thioether (sulfide) groups is 1. The van der Waals surface area contributed by atoms with Crippen LogP contribution in [0.15, 0.2) is 34.9 Å². The van der Waals surface area contributed by atoms with Gasteiger partial charge < -0.3 is 4.42 Å². The normalized spacial score (nSPS) is 18.9. The Bertz CT molecular complexity index is 581. The predicted molar refractivity (Wildman–Crippen MR) is 79.1 cm³/mol. The van der Waals surface area contributed by atoms with Crippen LogP contribution in [-0.4, -0.2) is 34.5 Å². The maximum absolute atomic E-state index is 13.2. The molecule has 1 aliphatic rings. The smallest absolute Gasteiger partial charge is 0.209 e. The average molecular weight is 292 g/mol. The van der Waals surface area contributed by atoms with Crippen LogP contribution in [0.3, 0.4) is 0 Å². The molecule has 0 bridgehead atoms. The fourth-order valence-electron chi connectivity index (χ4n) is 2.37. The minimum absolute atomic E-state index is 0.263. The lowest BCUT2D eigenvalue weighted by Crippen LogP contribution is -2.30. The summed E-state index contributed by atoms with van der Waals surface area (Å²) < 4.78 is 18.9. The summed E-state index contributed by atoms with van der Waals surface area (Å²) in [6.45, 7) is 0.695. The Labute approximate surface area is 122 Å². The molecule has 0 spiro atoms. The summed E-state index contributed by atoms with van der Waals surface area (Å²) in [5.41, 5.74) is 0.725. The Kier molecular flexibility index (Phi) is 4.08. The van der Waals surface area contributed by atoms with Crippen molar-refractivity contribution in [1.82, 2.24) is 9.88 Å². The highest BCUT2D eigenvalue weighted by atomic mass is 32.2. The van der Waals surface area contributed by atoms with Gasteiger partial charge in [-0.15, -0.1) is 0 Å². The van der Waals surface area contributed by atoms with E-state index < -0.39 is 0 Å². The van der Waals surface area contributed by atoms with E-state index in [1.54, 1.807) is 12.3 Å². The molecule has 2 aromatic rings. The Morgan fingerprint density at radius 3 is 3.15 bits per heavy atom. The van der Waals surface area contributed by atoms with Crippen LogP contribution in [0.25, 0.3) is 11.3 Å². The van der Waals surface area contributed by atoms with Gasteiger partial charge in [-0.25, -0.2) is 9.37 Å². The summed E-state index contributed by atoms with van der Waals surface area (Å²) in [6.07, 6.45) is 2.89. The molecule has 1 aromatic carbocycles. The molecular weight excluding hydrogens is 275 g/mol. The predicted octanol–water partition coefficient (Wildman–Crippen LogP) is 3.42. The third kappa shape index (κ3) is 3.04. The van der Waals surface area contributed by atoms with E-state index in [1.807, 2.05) is 17.8 Å². The molecule has 0 radical (unpaired) electrons. The first-order chi connectivity index (χ1) is 9.72. The number of hydrogen-bond acceptors (Lipinski definition) is 4. The summed E-state index contributed by atoms with van der Waals surface area (Å²) in [4.78, 5) is 6.57. The van der Waals surface area contributed by atoms with Gasteiger partial charge in [-0.2, -0.15) is 11.8 Å². The Hall–Kier alpha value is -1.33. The molecule has 1 aliphatic heterocycles. The van der Waals surface area contributed by atoms with Crippen molar-refractivity contribution in [1.29, 1.82) is 0 Å². The highest BCUT2D eigenvalue weighted by molar-refractivity contribution is 7.99. The molecule has 0 N–H and O–H groups in total. The second-order valence-electron chi connectivity index (χ2n) is 5.06. The number of benzene rings is 1. The Morgan fingerprint density at radius 2 is 2.40 bits per heavy atom. The monoisotopic (exact) mass is 292 g/mol. The van der Waals surface area contributed by atoms with Crippen LogP contribution in [-0.2, 0) is 6.54 Å². The van der Waals surface area contributed by atoms with Crippen molar-refractivity contribution in [2.75, 3.05) is 18.6 Å². The molecule has 0 aliphatic carbocycles. The molecule has 5 heteroatoms. The van der Waals surface area contributed by atoms with Crippen LogP contribution >= 0.6 is 11.8 Å². The summed E-state index contributed by atoms with van der Waals surface area (Å²) in [7, 11) is 2.10. The standard InChI is InChI=1S/C15H17FN2OS/c1-18(13-5-6-20-10-13)9-15-17-8-14(19-15)11-3-2-4-12(16)7-11/h2-4,7-8,13H,5-6,9-10H2,1H3. The SMILES string of the molecule is CN(Cc1ncc(-c2cccc(F)c2)o1)C1CCSC1. The molecule has 3 nitrogen and oxygen atoms in total. The number of aromatic nitrogens is 1. The Morgan fingerprint density at radius 1 is 1.50 bits per heavy atom. The highest BCUT2D eigenvalue weighted by Crippen LogP contribution is 2.24. The minimum Gasteiger partial charge on any atom is -0.439 e. The largest absolute Gasteiger partial charge is 0.439 e. The summed E-state index contributed by atoms with van der Waals surface area (Å²) in [5, 5.41) is 0. The van der Waals surface area contributed by atoms with Gasteiger partial charge in [0.2, 0.25) is 5.89 Å². The van der Waals surface area contributed by atoms with E-state index in [2.05, 4.69) is 16.9 Å². The lowest BCUT2D eigenvalue weighted by Gasteiger charge is -2.21. The van der Waals surface area contributed by atoms with Crippen LogP contribution in [0.2, 0.25) is 0 Å². The van der Waals surface area contributed by atoms with Gasteiger partial charge in [0.05, 0.1) is 12.7 Å². The van der Waals surface area contributed by atoms with E-state index in [4.69, 9.17) is 4.42 Å². The van der Waals surface area contributed by atoms with Gasteiger partial charge in [-0.1, -0.05) is 12.1 Å². The van der Waals surface area contributed by atoms with Gasteiger partial charge in [0, 0.05) is 17.4 Å². The van der Waals surface area contributed by atoms with Crippen LogP contribution in [0.5, 0.6) is 0 Å². The van der Waals surface area contributed by atoms with Gasteiger partial charge >= 0.3 is 0 Å².